The van der Waals surface area contributed by atoms with Crippen LogP contribution in [0.15, 0.2) is 249 Å². The van der Waals surface area contributed by atoms with Crippen LogP contribution in [-0.2, 0) is 21.7 Å². The van der Waals surface area contributed by atoms with Gasteiger partial charge in [0.2, 0.25) is 0 Å². The summed E-state index contributed by atoms with van der Waals surface area (Å²) in [6.45, 7) is 20.6. The molecule has 2 heterocycles. The third-order valence-electron chi connectivity index (χ3n) is 16.8. The van der Waals surface area contributed by atoms with Crippen LogP contribution in [0.25, 0.3) is 61.0 Å². The van der Waals surface area contributed by atoms with Gasteiger partial charge in [-0.15, -0.1) is 0 Å². The Morgan fingerprint density at radius 3 is 1.65 bits per heavy atom. The summed E-state index contributed by atoms with van der Waals surface area (Å²) in [6, 6.07) is 88.3. The fourth-order valence-corrected chi connectivity index (χ4v) is 12.5. The predicted molar refractivity (Wildman–Crippen MR) is 349 cm³/mol. The van der Waals surface area contributed by atoms with E-state index in [0.29, 0.717) is 0 Å². The first-order chi connectivity index (χ1) is 40.0. The summed E-state index contributed by atoms with van der Waals surface area (Å²) >= 11 is 0. The second-order valence-corrected chi connectivity index (χ2v) is 25.4. The van der Waals surface area contributed by atoms with E-state index in [1.54, 1.807) is 0 Å². The molecule has 1 aliphatic carbocycles. The molecule has 0 saturated heterocycles. The quantitative estimate of drug-likeness (QED) is 0.136. The number of fused-ring (bicyclic) bond motifs is 6. The van der Waals surface area contributed by atoms with E-state index >= 15 is 0 Å². The lowest BCUT2D eigenvalue weighted by atomic mass is 9.67. The van der Waals surface area contributed by atoms with Gasteiger partial charge in [0.1, 0.15) is 17.3 Å². The molecule has 408 valence electrons. The minimum absolute atomic E-state index is 0.0278. The monoisotopic (exact) mass is 1080 g/mol. The maximum Gasteiger partial charge on any atom is 0.137 e. The number of rotatable bonds is 11. The van der Waals surface area contributed by atoms with Crippen LogP contribution < -0.4 is 15.4 Å². The van der Waals surface area contributed by atoms with Crippen LogP contribution >= 0.6 is 0 Å². The highest BCUT2D eigenvalue weighted by atomic mass is 16.5. The number of ether oxygens (including phenoxy) is 1. The Morgan fingerprint density at radius 2 is 0.952 bits per heavy atom. The van der Waals surface area contributed by atoms with Crippen molar-refractivity contribution in [2.45, 2.75) is 84.0 Å². The number of hydrogen-bond acceptors (Lipinski definition) is 4. The van der Waals surface area contributed by atoms with Gasteiger partial charge in [-0.2, -0.15) is 0 Å². The van der Waals surface area contributed by atoms with Gasteiger partial charge in [-0.1, -0.05) is 232 Å². The zero-order chi connectivity index (χ0) is 57.3. The summed E-state index contributed by atoms with van der Waals surface area (Å²) < 4.78 is 9.04. The first-order valence-corrected chi connectivity index (χ1v) is 29.1. The smallest absolute Gasteiger partial charge is 0.137 e. The molecule has 5 heteroatoms. The molecule has 1 aliphatic rings. The SMILES string of the molecule is CC(C)(C)c1cc(-c2cccc(-c3ccc4c(c3)C(c3ccccc3)(c3ccccc3)c3ccccc3-4)c2Nc2ccccc2Nc2cccc(Oc3ccc4c5ccccc5n(-c5cc(C(C)(C)C)ccn5)c4c3)c2)cc(C(C)(C)C)c1. The van der Waals surface area contributed by atoms with Crippen LogP contribution in [0, 0.1) is 0 Å². The Hall–Kier alpha value is -9.45. The fourth-order valence-electron chi connectivity index (χ4n) is 12.5. The number of benzene rings is 10. The maximum atomic E-state index is 6.79. The minimum Gasteiger partial charge on any atom is -0.457 e. The van der Waals surface area contributed by atoms with E-state index in [0.717, 1.165) is 73.2 Å². The number of nitrogens with zero attached hydrogens (tertiary/aromatic N) is 2. The molecule has 5 nitrogen and oxygen atoms in total. The van der Waals surface area contributed by atoms with Crippen molar-refractivity contribution in [3.05, 3.63) is 288 Å². The number of pyridine rings is 1. The molecule has 0 aliphatic heterocycles. The Balaban J connectivity index is 0.913. The van der Waals surface area contributed by atoms with Gasteiger partial charge in [0, 0.05) is 45.9 Å². The van der Waals surface area contributed by atoms with Gasteiger partial charge in [-0.25, -0.2) is 4.98 Å². The topological polar surface area (TPSA) is 51.1 Å². The van der Waals surface area contributed by atoms with Crippen molar-refractivity contribution in [2.24, 2.45) is 0 Å². The average Bonchev–Trinajstić information content (AvgIpc) is 3.76. The standard InChI is InChI=1S/C78H70N4O/c1-75(2,3)55-42-43-79-73(48-55)82-71-37-21-17-31-65(71)66-41-39-60(50-72(66)82)83-59-29-22-28-58(49-59)80-69-35-19-20-36-70(69)81-74-61(32-23-33-62(74)52-44-56(76(4,5)6)47-57(45-52)77(7,8)9)51-38-40-64-63-30-16-18-34-67(63)78(68(64)46-51,53-24-12-10-13-25-53)54-26-14-11-15-27-54/h10-50,80-81H,1-9H3. The molecule has 0 fully saturated rings. The molecule has 0 atom stereocenters. The molecular weight excluding hydrogens is 1010 g/mol. The van der Waals surface area contributed by atoms with Gasteiger partial charge >= 0.3 is 0 Å². The van der Waals surface area contributed by atoms with E-state index in [9.17, 15) is 0 Å². The van der Waals surface area contributed by atoms with Gasteiger partial charge in [-0.3, -0.25) is 4.57 Å². The molecule has 0 unspecified atom stereocenters. The van der Waals surface area contributed by atoms with Crippen LogP contribution in [-0.4, -0.2) is 9.55 Å². The predicted octanol–water partition coefficient (Wildman–Crippen LogP) is 21.0. The van der Waals surface area contributed by atoms with Gasteiger partial charge in [0.25, 0.3) is 0 Å². The molecule has 0 radical (unpaired) electrons. The van der Waals surface area contributed by atoms with Gasteiger partial charge in [-0.05, 0) is 138 Å². The fraction of sp³-hybridized carbons (Fsp3) is 0.167. The highest BCUT2D eigenvalue weighted by molar-refractivity contribution is 6.09. The Kier molecular flexibility index (Phi) is 13.1. The number of para-hydroxylation sites is 4. The third kappa shape index (κ3) is 9.64. The van der Waals surface area contributed by atoms with Crippen molar-refractivity contribution >= 4 is 44.6 Å². The Morgan fingerprint density at radius 1 is 0.386 bits per heavy atom. The van der Waals surface area contributed by atoms with Crippen molar-refractivity contribution in [3.63, 3.8) is 0 Å². The molecule has 83 heavy (non-hydrogen) atoms. The molecule has 10 aromatic carbocycles. The number of anilines is 4. The number of hydrogen-bond donors (Lipinski definition) is 2. The summed E-state index contributed by atoms with van der Waals surface area (Å²) in [5.74, 6) is 2.34. The van der Waals surface area contributed by atoms with Gasteiger partial charge < -0.3 is 15.4 Å². The van der Waals surface area contributed by atoms with Crippen molar-refractivity contribution in [1.29, 1.82) is 0 Å². The van der Waals surface area contributed by atoms with E-state index in [1.807, 2.05) is 18.3 Å². The summed E-state index contributed by atoms with van der Waals surface area (Å²) in [4.78, 5) is 4.91. The molecule has 2 N–H and O–H groups in total. The molecule has 0 amide bonds. The third-order valence-corrected chi connectivity index (χ3v) is 16.8. The minimum atomic E-state index is -0.546. The molecular formula is C78H70N4O. The van der Waals surface area contributed by atoms with E-state index in [2.05, 4.69) is 308 Å². The highest BCUT2D eigenvalue weighted by Gasteiger charge is 2.46. The number of aromatic nitrogens is 2. The lowest BCUT2D eigenvalue weighted by molar-refractivity contribution is 0.483. The first kappa shape index (κ1) is 52.9. The summed E-state index contributed by atoms with van der Waals surface area (Å²) in [5, 5.41) is 10.3. The van der Waals surface area contributed by atoms with Crippen LogP contribution in [0.5, 0.6) is 11.5 Å². The summed E-state index contributed by atoms with van der Waals surface area (Å²) in [7, 11) is 0. The second kappa shape index (κ2) is 20.5. The van der Waals surface area contributed by atoms with Gasteiger partial charge in [0.15, 0.2) is 0 Å². The molecule has 0 saturated carbocycles. The molecule has 2 aromatic heterocycles. The Bertz CT molecular complexity index is 4340. The van der Waals surface area contributed by atoms with Crippen LogP contribution in [0.4, 0.5) is 22.7 Å². The zero-order valence-corrected chi connectivity index (χ0v) is 49.0. The highest BCUT2D eigenvalue weighted by Crippen LogP contribution is 2.57. The van der Waals surface area contributed by atoms with Crippen LogP contribution in [0.1, 0.15) is 101 Å². The molecule has 0 spiro atoms. The van der Waals surface area contributed by atoms with E-state index in [4.69, 9.17) is 9.72 Å². The second-order valence-electron chi connectivity index (χ2n) is 25.4. The largest absolute Gasteiger partial charge is 0.457 e. The summed E-state index contributed by atoms with van der Waals surface area (Å²) in [6.07, 6.45) is 1.92. The van der Waals surface area contributed by atoms with Crippen molar-refractivity contribution in [1.82, 2.24) is 9.55 Å². The summed E-state index contributed by atoms with van der Waals surface area (Å²) in [5.41, 5.74) is 21.1. The molecule has 13 rings (SSSR count). The maximum absolute atomic E-state index is 6.79. The lowest BCUT2D eigenvalue weighted by Gasteiger charge is -2.34. The molecule has 12 aromatic rings. The van der Waals surface area contributed by atoms with E-state index < -0.39 is 5.41 Å². The average molecular weight is 1080 g/mol. The van der Waals surface area contributed by atoms with E-state index in [1.165, 1.54) is 61.0 Å². The zero-order valence-electron chi connectivity index (χ0n) is 49.0. The van der Waals surface area contributed by atoms with Crippen LogP contribution in [0.3, 0.4) is 0 Å². The molecule has 0 bridgehead atoms. The first-order valence-electron chi connectivity index (χ1n) is 29.1. The van der Waals surface area contributed by atoms with Crippen molar-refractivity contribution in [3.8, 4) is 50.7 Å². The van der Waals surface area contributed by atoms with Crippen LogP contribution in [0.2, 0.25) is 0 Å². The Labute approximate surface area is 489 Å². The number of nitrogens with one attached hydrogen (secondary N) is 2. The van der Waals surface area contributed by atoms with Crippen molar-refractivity contribution in [2.75, 3.05) is 10.6 Å². The normalized spacial score (nSPS) is 13.0. The van der Waals surface area contributed by atoms with Crippen molar-refractivity contribution < 1.29 is 4.74 Å². The van der Waals surface area contributed by atoms with Gasteiger partial charge in [0.05, 0.1) is 33.5 Å². The van der Waals surface area contributed by atoms with E-state index in [-0.39, 0.29) is 16.2 Å². The lowest BCUT2D eigenvalue weighted by Crippen LogP contribution is -2.28.